The molecular formula is C48H72BrN7O10. The van der Waals surface area contributed by atoms with Crippen molar-refractivity contribution in [1.29, 1.82) is 0 Å². The van der Waals surface area contributed by atoms with E-state index in [1.165, 1.54) is 6.92 Å². The summed E-state index contributed by atoms with van der Waals surface area (Å²) in [5, 5.41) is 32.9. The number of carboxylic acid groups (broad SMARTS) is 1. The van der Waals surface area contributed by atoms with Gasteiger partial charge in [0, 0.05) is 30.2 Å². The quantitative estimate of drug-likeness (QED) is 0.0455. The van der Waals surface area contributed by atoms with Crippen LogP contribution in [0.1, 0.15) is 135 Å². The maximum atomic E-state index is 13.3. The molecule has 2 rings (SSSR count). The van der Waals surface area contributed by atoms with E-state index in [0.717, 1.165) is 74.2 Å². The lowest BCUT2D eigenvalue weighted by atomic mass is 10.0. The van der Waals surface area contributed by atoms with Gasteiger partial charge < -0.3 is 48.3 Å². The zero-order valence-electron chi connectivity index (χ0n) is 38.7. The average molecular weight is 987 g/mol. The van der Waals surface area contributed by atoms with Crippen molar-refractivity contribution in [2.75, 3.05) is 0 Å². The van der Waals surface area contributed by atoms with Crippen LogP contribution in [0.15, 0.2) is 59.1 Å². The number of aliphatic carboxylic acids is 1. The third-order valence-electron chi connectivity index (χ3n) is 10.9. The van der Waals surface area contributed by atoms with Crippen molar-refractivity contribution in [3.63, 3.8) is 0 Å². The first-order chi connectivity index (χ1) is 31.4. The molecule has 66 heavy (non-hydrogen) atoms. The van der Waals surface area contributed by atoms with Crippen molar-refractivity contribution in [1.82, 2.24) is 26.6 Å². The average Bonchev–Trinajstić information content (AvgIpc) is 3.25. The van der Waals surface area contributed by atoms with Crippen LogP contribution in [-0.2, 0) is 51.2 Å². The van der Waals surface area contributed by atoms with Gasteiger partial charge in [-0.15, -0.1) is 0 Å². The second-order valence-corrected chi connectivity index (χ2v) is 18.3. The SMILES string of the molecule is CC(C)C[C@H](NC(=O)[C@@H](NC(=O)CCCCCCCCCCCCCCC(=O)N[C@@H](CC(N)=O)C(=O)N[C@@H](Cc1ccccc1)C(=O)O)C(C)O)C(=O)N[C@@H](Cc1ccc(Br)cc1)C(N)=O. The molecule has 0 heterocycles. The monoisotopic (exact) mass is 985 g/mol. The number of halogens is 1. The van der Waals surface area contributed by atoms with E-state index >= 15 is 0 Å². The molecule has 0 aliphatic heterocycles. The Morgan fingerprint density at radius 2 is 0.985 bits per heavy atom. The summed E-state index contributed by atoms with van der Waals surface area (Å²) in [5.74, 6) is -5.68. The summed E-state index contributed by atoms with van der Waals surface area (Å²) in [7, 11) is 0. The predicted molar refractivity (Wildman–Crippen MR) is 254 cm³/mol. The summed E-state index contributed by atoms with van der Waals surface area (Å²) >= 11 is 3.37. The van der Waals surface area contributed by atoms with Crippen LogP contribution in [0.5, 0.6) is 0 Å². The number of nitrogens with one attached hydrogen (secondary N) is 5. The molecular weight excluding hydrogens is 914 g/mol. The zero-order valence-corrected chi connectivity index (χ0v) is 40.2. The largest absolute Gasteiger partial charge is 0.480 e. The number of unbranched alkanes of at least 4 members (excludes halogenated alkanes) is 11. The number of carboxylic acids is 1. The second kappa shape index (κ2) is 31.5. The maximum absolute atomic E-state index is 13.3. The number of nitrogens with two attached hydrogens (primary N) is 2. The number of rotatable bonds is 34. The van der Waals surface area contributed by atoms with E-state index in [2.05, 4.69) is 42.5 Å². The van der Waals surface area contributed by atoms with Gasteiger partial charge in [-0.25, -0.2) is 4.79 Å². The summed E-state index contributed by atoms with van der Waals surface area (Å²) in [6, 6.07) is 10.1. The highest BCUT2D eigenvalue weighted by molar-refractivity contribution is 9.10. The summed E-state index contributed by atoms with van der Waals surface area (Å²) in [6.45, 7) is 5.14. The number of hydrogen-bond donors (Lipinski definition) is 9. The smallest absolute Gasteiger partial charge is 0.326 e. The van der Waals surface area contributed by atoms with Gasteiger partial charge in [-0.2, -0.15) is 0 Å². The first kappa shape index (κ1) is 56.8. The van der Waals surface area contributed by atoms with Crippen LogP contribution in [-0.4, -0.2) is 93.8 Å². The maximum Gasteiger partial charge on any atom is 0.326 e. The molecule has 0 spiro atoms. The number of aliphatic hydroxyl groups is 1. The van der Waals surface area contributed by atoms with Gasteiger partial charge in [-0.1, -0.05) is 136 Å². The molecule has 11 N–H and O–H groups in total. The molecule has 1 unspecified atom stereocenters. The fourth-order valence-corrected chi connectivity index (χ4v) is 7.57. The number of carbonyl (C=O) groups is 8. The molecule has 0 fully saturated rings. The Morgan fingerprint density at radius 1 is 0.545 bits per heavy atom. The molecule has 0 saturated heterocycles. The topological polar surface area (TPSA) is 289 Å². The van der Waals surface area contributed by atoms with Gasteiger partial charge in [0.05, 0.1) is 12.5 Å². The Labute approximate surface area is 397 Å². The van der Waals surface area contributed by atoms with E-state index in [4.69, 9.17) is 11.5 Å². The highest BCUT2D eigenvalue weighted by atomic mass is 79.9. The molecule has 2 aromatic carbocycles. The third-order valence-corrected chi connectivity index (χ3v) is 11.5. The summed E-state index contributed by atoms with van der Waals surface area (Å²) in [5.41, 5.74) is 12.4. The Morgan fingerprint density at radius 3 is 1.45 bits per heavy atom. The van der Waals surface area contributed by atoms with Crippen molar-refractivity contribution < 1.29 is 48.6 Å². The van der Waals surface area contributed by atoms with E-state index in [9.17, 15) is 48.6 Å². The van der Waals surface area contributed by atoms with Gasteiger partial charge in [0.2, 0.25) is 41.4 Å². The molecule has 0 aliphatic carbocycles. The van der Waals surface area contributed by atoms with Crippen LogP contribution < -0.4 is 38.1 Å². The van der Waals surface area contributed by atoms with E-state index < -0.39 is 84.1 Å². The van der Waals surface area contributed by atoms with Crippen molar-refractivity contribution in [3.8, 4) is 0 Å². The minimum Gasteiger partial charge on any atom is -0.480 e. The van der Waals surface area contributed by atoms with Crippen LogP contribution in [0.3, 0.4) is 0 Å². The van der Waals surface area contributed by atoms with Crippen LogP contribution in [0, 0.1) is 5.92 Å². The minimum absolute atomic E-state index is 0.0114. The van der Waals surface area contributed by atoms with Crippen LogP contribution in [0.25, 0.3) is 0 Å². The Hall–Kier alpha value is -5.36. The second-order valence-electron chi connectivity index (χ2n) is 17.4. The Bertz CT molecular complexity index is 1850. The van der Waals surface area contributed by atoms with Gasteiger partial charge in [-0.05, 0) is 55.4 Å². The predicted octanol–water partition coefficient (Wildman–Crippen LogP) is 3.99. The molecule has 0 radical (unpaired) electrons. The van der Waals surface area contributed by atoms with E-state index in [-0.39, 0.29) is 43.9 Å². The number of carbonyl (C=O) groups excluding carboxylic acids is 7. The molecule has 366 valence electrons. The molecule has 17 nitrogen and oxygen atoms in total. The summed E-state index contributed by atoms with van der Waals surface area (Å²) in [6.07, 6.45) is 10.1. The normalized spacial score (nSPS) is 13.8. The minimum atomic E-state index is -1.28. The van der Waals surface area contributed by atoms with E-state index in [1.807, 2.05) is 26.0 Å². The van der Waals surface area contributed by atoms with Crippen molar-refractivity contribution >= 4 is 63.2 Å². The molecule has 2 aromatic rings. The van der Waals surface area contributed by atoms with E-state index in [0.29, 0.717) is 18.4 Å². The Balaban J connectivity index is 1.63. The van der Waals surface area contributed by atoms with Gasteiger partial charge in [-0.3, -0.25) is 33.6 Å². The van der Waals surface area contributed by atoms with Gasteiger partial charge in [0.1, 0.15) is 30.2 Å². The zero-order chi connectivity index (χ0) is 49.0. The lowest BCUT2D eigenvalue weighted by Gasteiger charge is -2.27. The first-order valence-electron chi connectivity index (χ1n) is 23.1. The molecule has 6 atom stereocenters. The molecule has 0 aliphatic rings. The van der Waals surface area contributed by atoms with Gasteiger partial charge in [0.15, 0.2) is 0 Å². The number of aliphatic hydroxyl groups excluding tert-OH is 1. The number of hydrogen-bond acceptors (Lipinski definition) is 9. The summed E-state index contributed by atoms with van der Waals surface area (Å²) in [4.78, 5) is 101. The number of primary amides is 2. The van der Waals surface area contributed by atoms with Crippen molar-refractivity contribution in [2.24, 2.45) is 17.4 Å². The highest BCUT2D eigenvalue weighted by Crippen LogP contribution is 2.15. The van der Waals surface area contributed by atoms with Crippen LogP contribution in [0.4, 0.5) is 0 Å². The third kappa shape index (κ3) is 24.2. The Kier molecular flexibility index (Phi) is 27.1. The number of amides is 7. The fraction of sp³-hybridized carbons (Fsp3) is 0.583. The van der Waals surface area contributed by atoms with Crippen molar-refractivity contribution in [3.05, 3.63) is 70.2 Å². The lowest BCUT2D eigenvalue weighted by Crippen LogP contribution is -2.59. The van der Waals surface area contributed by atoms with Gasteiger partial charge in [0.25, 0.3) is 0 Å². The fourth-order valence-electron chi connectivity index (χ4n) is 7.30. The molecule has 0 bridgehead atoms. The highest BCUT2D eigenvalue weighted by Gasteiger charge is 2.32. The summed E-state index contributed by atoms with van der Waals surface area (Å²) < 4.78 is 0.858. The van der Waals surface area contributed by atoms with Crippen LogP contribution in [0.2, 0.25) is 0 Å². The molecule has 18 heteroatoms. The van der Waals surface area contributed by atoms with E-state index in [1.54, 1.807) is 42.5 Å². The molecule has 0 saturated carbocycles. The lowest BCUT2D eigenvalue weighted by molar-refractivity contribution is -0.142. The first-order valence-corrected chi connectivity index (χ1v) is 23.9. The van der Waals surface area contributed by atoms with Crippen molar-refractivity contribution in [2.45, 2.75) is 173 Å². The standard InChI is InChI=1S/C48H72BrN7O10/c1-31(2)27-37(45(62)53-36(44(51)61)28-34-23-25-35(49)26-24-34)54-47(64)43(32(3)57)56-42(60)22-18-13-11-9-7-5-4-6-8-10-12-17-21-41(59)52-38(30-40(50)58)46(63)55-39(48(65)66)29-33-19-15-14-16-20-33/h14-16,19-20,23-26,31-32,36-39,43,57H,4-13,17-18,21-22,27-30H2,1-3H3,(H2,50,58)(H2,51,61)(H,52,59)(H,53,62)(H,54,64)(H,55,63)(H,56,60)(H,65,66)/t32?,36-,37-,38-,39-,43-/m0/s1. The molecule has 7 amide bonds. The van der Waals surface area contributed by atoms with Crippen LogP contribution >= 0.6 is 15.9 Å². The van der Waals surface area contributed by atoms with Gasteiger partial charge >= 0.3 is 5.97 Å². The number of benzene rings is 2. The molecule has 0 aromatic heterocycles.